The van der Waals surface area contributed by atoms with Gasteiger partial charge in [0.25, 0.3) is 5.91 Å². The van der Waals surface area contributed by atoms with E-state index in [2.05, 4.69) is 5.32 Å². The molecule has 1 heterocycles. The standard InChI is InChI=1S/C17H24N2O3/c1-13-7-8-15(20)14(12-13)17(22)18-9-5-11-19-10-4-2-3-6-16(19)21/h7-8,12,20H,2-6,9-11H2,1H3,(H,18,22). The summed E-state index contributed by atoms with van der Waals surface area (Å²) in [7, 11) is 0. The lowest BCUT2D eigenvalue weighted by Gasteiger charge is -2.20. The van der Waals surface area contributed by atoms with Crippen molar-refractivity contribution >= 4 is 11.8 Å². The van der Waals surface area contributed by atoms with E-state index in [4.69, 9.17) is 0 Å². The topological polar surface area (TPSA) is 69.6 Å². The van der Waals surface area contributed by atoms with Gasteiger partial charge in [0.05, 0.1) is 5.56 Å². The molecule has 2 rings (SSSR count). The molecule has 0 unspecified atom stereocenters. The molecule has 5 heteroatoms. The summed E-state index contributed by atoms with van der Waals surface area (Å²) in [5.74, 6) is -0.0608. The monoisotopic (exact) mass is 304 g/mol. The molecule has 22 heavy (non-hydrogen) atoms. The Morgan fingerprint density at radius 1 is 1.32 bits per heavy atom. The zero-order chi connectivity index (χ0) is 15.9. The second-order valence-electron chi connectivity index (χ2n) is 5.82. The van der Waals surface area contributed by atoms with Crippen molar-refractivity contribution in [2.24, 2.45) is 0 Å². The fourth-order valence-corrected chi connectivity index (χ4v) is 2.67. The Labute approximate surface area is 131 Å². The fourth-order valence-electron chi connectivity index (χ4n) is 2.67. The lowest BCUT2D eigenvalue weighted by Crippen LogP contribution is -2.34. The van der Waals surface area contributed by atoms with Gasteiger partial charge < -0.3 is 15.3 Å². The van der Waals surface area contributed by atoms with Crippen LogP contribution in [0.4, 0.5) is 0 Å². The Morgan fingerprint density at radius 3 is 2.95 bits per heavy atom. The van der Waals surface area contributed by atoms with Crippen LogP contribution in [0.3, 0.4) is 0 Å². The van der Waals surface area contributed by atoms with E-state index < -0.39 is 0 Å². The minimum atomic E-state index is -0.275. The van der Waals surface area contributed by atoms with Crippen molar-refractivity contribution < 1.29 is 14.7 Å². The maximum atomic E-state index is 12.0. The van der Waals surface area contributed by atoms with Gasteiger partial charge >= 0.3 is 0 Å². The molecule has 0 aromatic heterocycles. The number of aryl methyl sites for hydroxylation is 1. The molecule has 5 nitrogen and oxygen atoms in total. The normalized spacial score (nSPS) is 15.5. The Morgan fingerprint density at radius 2 is 2.14 bits per heavy atom. The predicted molar refractivity (Wildman–Crippen MR) is 84.8 cm³/mol. The highest BCUT2D eigenvalue weighted by molar-refractivity contribution is 5.96. The molecule has 120 valence electrons. The maximum absolute atomic E-state index is 12.0. The maximum Gasteiger partial charge on any atom is 0.255 e. The molecule has 1 saturated heterocycles. The van der Waals surface area contributed by atoms with Crippen LogP contribution in [0.5, 0.6) is 5.75 Å². The second kappa shape index (κ2) is 7.82. The van der Waals surface area contributed by atoms with Crippen molar-refractivity contribution in [3.63, 3.8) is 0 Å². The first kappa shape index (κ1) is 16.3. The van der Waals surface area contributed by atoms with Gasteiger partial charge in [0.15, 0.2) is 0 Å². The van der Waals surface area contributed by atoms with Gasteiger partial charge in [0.1, 0.15) is 5.75 Å². The van der Waals surface area contributed by atoms with Gasteiger partial charge in [-0.3, -0.25) is 9.59 Å². The largest absolute Gasteiger partial charge is 0.507 e. The highest BCUT2D eigenvalue weighted by atomic mass is 16.3. The van der Waals surface area contributed by atoms with Crippen molar-refractivity contribution in [1.29, 1.82) is 0 Å². The van der Waals surface area contributed by atoms with Crippen LogP contribution in [0.25, 0.3) is 0 Å². The summed E-state index contributed by atoms with van der Waals surface area (Å²) in [5.41, 5.74) is 1.23. The van der Waals surface area contributed by atoms with E-state index in [1.54, 1.807) is 12.1 Å². The molecule has 2 N–H and O–H groups in total. The molecule has 1 aliphatic rings. The Bertz CT molecular complexity index is 543. The molecular weight excluding hydrogens is 280 g/mol. The van der Waals surface area contributed by atoms with E-state index in [0.29, 0.717) is 25.1 Å². The van der Waals surface area contributed by atoms with Gasteiger partial charge in [-0.1, -0.05) is 18.1 Å². The van der Waals surface area contributed by atoms with Crippen molar-refractivity contribution in [3.05, 3.63) is 29.3 Å². The third kappa shape index (κ3) is 4.48. The number of carbonyl (C=O) groups is 2. The molecule has 1 aliphatic heterocycles. The number of carbonyl (C=O) groups excluding carboxylic acids is 2. The molecule has 0 saturated carbocycles. The first-order valence-corrected chi connectivity index (χ1v) is 7.93. The second-order valence-corrected chi connectivity index (χ2v) is 5.82. The molecule has 1 fully saturated rings. The van der Waals surface area contributed by atoms with E-state index in [0.717, 1.165) is 37.8 Å². The van der Waals surface area contributed by atoms with Gasteiger partial charge in [0, 0.05) is 26.1 Å². The summed E-state index contributed by atoms with van der Waals surface area (Å²) in [6, 6.07) is 4.96. The molecule has 0 atom stereocenters. The number of nitrogens with one attached hydrogen (secondary N) is 1. The number of rotatable bonds is 5. The van der Waals surface area contributed by atoms with Crippen molar-refractivity contribution in [1.82, 2.24) is 10.2 Å². The first-order valence-electron chi connectivity index (χ1n) is 7.93. The minimum Gasteiger partial charge on any atom is -0.507 e. The van der Waals surface area contributed by atoms with Gasteiger partial charge in [-0.05, 0) is 38.3 Å². The quantitative estimate of drug-likeness (QED) is 0.820. The number of hydrogen-bond donors (Lipinski definition) is 2. The SMILES string of the molecule is Cc1ccc(O)c(C(=O)NCCCN2CCCCCC2=O)c1. The Balaban J connectivity index is 1.77. The Kier molecular flexibility index (Phi) is 5.81. The number of likely N-dealkylation sites (tertiary alicyclic amines) is 1. The summed E-state index contributed by atoms with van der Waals surface area (Å²) in [6.45, 7) is 3.88. The van der Waals surface area contributed by atoms with Gasteiger partial charge in [0.2, 0.25) is 5.91 Å². The van der Waals surface area contributed by atoms with Crippen LogP contribution in [0.1, 0.15) is 48.0 Å². The van der Waals surface area contributed by atoms with Gasteiger partial charge in [-0.25, -0.2) is 0 Å². The van der Waals surface area contributed by atoms with E-state index in [1.807, 2.05) is 11.8 Å². The van der Waals surface area contributed by atoms with Gasteiger partial charge in [-0.2, -0.15) is 0 Å². The number of aromatic hydroxyl groups is 1. The molecule has 0 bridgehead atoms. The fraction of sp³-hybridized carbons (Fsp3) is 0.529. The van der Waals surface area contributed by atoms with E-state index in [9.17, 15) is 14.7 Å². The molecular formula is C17H24N2O3. The first-order chi connectivity index (χ1) is 10.6. The average molecular weight is 304 g/mol. The average Bonchev–Trinajstić information content (AvgIpc) is 2.70. The van der Waals surface area contributed by atoms with Crippen LogP contribution in [-0.2, 0) is 4.79 Å². The van der Waals surface area contributed by atoms with Gasteiger partial charge in [-0.15, -0.1) is 0 Å². The van der Waals surface area contributed by atoms with Crippen molar-refractivity contribution in [2.45, 2.75) is 39.0 Å². The highest BCUT2D eigenvalue weighted by Gasteiger charge is 2.16. The number of phenolic OH excluding ortho intramolecular Hbond substituents is 1. The van der Waals surface area contributed by atoms with Crippen molar-refractivity contribution in [2.75, 3.05) is 19.6 Å². The zero-order valence-electron chi connectivity index (χ0n) is 13.1. The number of amides is 2. The minimum absolute atomic E-state index is 0.00852. The van der Waals surface area contributed by atoms with Crippen LogP contribution in [0.2, 0.25) is 0 Å². The van der Waals surface area contributed by atoms with Crippen LogP contribution in [0.15, 0.2) is 18.2 Å². The Hall–Kier alpha value is -2.04. The molecule has 1 aromatic rings. The third-order valence-electron chi connectivity index (χ3n) is 3.96. The predicted octanol–water partition coefficient (Wildman–Crippen LogP) is 2.22. The summed E-state index contributed by atoms with van der Waals surface area (Å²) in [5, 5.41) is 12.5. The van der Waals surface area contributed by atoms with E-state index in [-0.39, 0.29) is 17.6 Å². The summed E-state index contributed by atoms with van der Waals surface area (Å²) in [4.78, 5) is 25.8. The van der Waals surface area contributed by atoms with E-state index in [1.165, 1.54) is 6.07 Å². The smallest absolute Gasteiger partial charge is 0.255 e. The molecule has 0 radical (unpaired) electrons. The summed E-state index contributed by atoms with van der Waals surface area (Å²) in [6.07, 6.45) is 4.53. The zero-order valence-corrected chi connectivity index (χ0v) is 13.1. The lowest BCUT2D eigenvalue weighted by atomic mass is 10.1. The highest BCUT2D eigenvalue weighted by Crippen LogP contribution is 2.17. The lowest BCUT2D eigenvalue weighted by molar-refractivity contribution is -0.130. The number of phenols is 1. The number of benzene rings is 1. The van der Waals surface area contributed by atoms with Crippen LogP contribution in [-0.4, -0.2) is 41.5 Å². The number of nitrogens with zero attached hydrogens (tertiary/aromatic N) is 1. The molecule has 2 amide bonds. The van der Waals surface area contributed by atoms with E-state index >= 15 is 0 Å². The summed E-state index contributed by atoms with van der Waals surface area (Å²) >= 11 is 0. The third-order valence-corrected chi connectivity index (χ3v) is 3.96. The number of hydrogen-bond acceptors (Lipinski definition) is 3. The van der Waals surface area contributed by atoms with Crippen molar-refractivity contribution in [3.8, 4) is 5.75 Å². The summed E-state index contributed by atoms with van der Waals surface area (Å²) < 4.78 is 0. The molecule has 1 aromatic carbocycles. The van der Waals surface area contributed by atoms with Crippen LogP contribution >= 0.6 is 0 Å². The van der Waals surface area contributed by atoms with Crippen LogP contribution < -0.4 is 5.32 Å². The molecule has 0 spiro atoms. The molecule has 0 aliphatic carbocycles. The van der Waals surface area contributed by atoms with Crippen LogP contribution in [0, 0.1) is 6.92 Å².